The van der Waals surface area contributed by atoms with Gasteiger partial charge in [-0.15, -0.1) is 23.2 Å². The molecule has 206 valence electrons. The van der Waals surface area contributed by atoms with Gasteiger partial charge in [-0.25, -0.2) is 4.79 Å². The lowest BCUT2D eigenvalue weighted by Crippen LogP contribution is -2.60. The number of phenolic OH excluding ortho intramolecular Hbond substituents is 1. The first-order valence-electron chi connectivity index (χ1n) is 12.4. The number of fused-ring (bicyclic) bond motifs is 4. The van der Waals surface area contributed by atoms with E-state index in [1.165, 1.54) is 49.5 Å². The average Bonchev–Trinajstić information content (AvgIpc) is 3.25. The van der Waals surface area contributed by atoms with Crippen LogP contribution in [-0.2, 0) is 19.2 Å². The zero-order chi connectivity index (χ0) is 28.9. The highest BCUT2D eigenvalue weighted by atomic mass is 35.5. The molecule has 1 saturated carbocycles. The predicted molar refractivity (Wildman–Crippen MR) is 144 cm³/mol. The number of anilines is 1. The number of carbonyl (C=O) groups excluding carboxylic acids is 4. The zero-order valence-corrected chi connectivity index (χ0v) is 23.1. The fraction of sp³-hybridized carbons (Fsp3) is 0.321. The van der Waals surface area contributed by atoms with E-state index in [1.807, 2.05) is 0 Å². The number of halogens is 3. The summed E-state index contributed by atoms with van der Waals surface area (Å²) in [6, 6.07) is 9.76. The Labute approximate surface area is 242 Å². The third-order valence-corrected chi connectivity index (χ3v) is 10.3. The number of carboxylic acid groups (broad SMARTS) is 1. The number of amides is 4. The molecule has 2 aromatic carbocycles. The Bertz CT molecular complexity index is 1590. The number of nitrogens with zero attached hydrogens (tertiary/aromatic N) is 2. The van der Waals surface area contributed by atoms with Crippen molar-refractivity contribution in [1.29, 1.82) is 0 Å². The second-order valence-corrected chi connectivity index (χ2v) is 12.2. The summed E-state index contributed by atoms with van der Waals surface area (Å²) in [6.45, 7) is 0. The molecule has 9 nitrogen and oxygen atoms in total. The van der Waals surface area contributed by atoms with Crippen LogP contribution >= 0.6 is 34.8 Å². The molecule has 4 aliphatic rings. The largest absolute Gasteiger partial charge is 0.508 e. The van der Waals surface area contributed by atoms with Gasteiger partial charge in [0.2, 0.25) is 11.8 Å². The van der Waals surface area contributed by atoms with Gasteiger partial charge in [0, 0.05) is 23.6 Å². The summed E-state index contributed by atoms with van der Waals surface area (Å²) in [5, 5.41) is 20.5. The smallest absolute Gasteiger partial charge is 0.335 e. The fourth-order valence-corrected chi connectivity index (χ4v) is 8.07. The van der Waals surface area contributed by atoms with Crippen molar-refractivity contribution in [3.63, 3.8) is 0 Å². The number of phenols is 1. The number of imide groups is 2. The molecule has 2 aliphatic carbocycles. The summed E-state index contributed by atoms with van der Waals surface area (Å²) in [5.41, 5.74) is 0.695. The number of rotatable bonds is 3. The molecule has 6 atom stereocenters. The van der Waals surface area contributed by atoms with Crippen molar-refractivity contribution in [2.75, 3.05) is 11.9 Å². The second-order valence-electron chi connectivity index (χ2n) is 10.6. The minimum atomic E-state index is -2.04. The van der Waals surface area contributed by atoms with E-state index in [0.717, 1.165) is 9.80 Å². The van der Waals surface area contributed by atoms with Gasteiger partial charge in [-0.05, 0) is 55.2 Å². The molecule has 6 rings (SSSR count). The van der Waals surface area contributed by atoms with E-state index in [2.05, 4.69) is 0 Å². The summed E-state index contributed by atoms with van der Waals surface area (Å²) < 4.78 is 0. The predicted octanol–water partition coefficient (Wildman–Crippen LogP) is 3.94. The first-order chi connectivity index (χ1) is 18.8. The summed E-state index contributed by atoms with van der Waals surface area (Å²) >= 11 is 20.4. The number of aromatic carboxylic acids is 1. The molecule has 6 unspecified atom stereocenters. The van der Waals surface area contributed by atoms with Crippen molar-refractivity contribution >= 4 is 70.1 Å². The fourth-order valence-electron chi connectivity index (χ4n) is 6.88. The number of hydrogen-bond acceptors (Lipinski definition) is 6. The molecule has 0 spiro atoms. The van der Waals surface area contributed by atoms with E-state index in [9.17, 15) is 34.2 Å². The Kier molecular flexibility index (Phi) is 5.90. The van der Waals surface area contributed by atoms with Gasteiger partial charge in [-0.1, -0.05) is 29.3 Å². The third kappa shape index (κ3) is 3.31. The molecule has 12 heteroatoms. The van der Waals surface area contributed by atoms with Gasteiger partial charge in [0.1, 0.15) is 5.75 Å². The maximum absolute atomic E-state index is 14.0. The van der Waals surface area contributed by atoms with Crippen LogP contribution < -0.4 is 4.90 Å². The quantitative estimate of drug-likeness (QED) is 0.309. The van der Waals surface area contributed by atoms with E-state index >= 15 is 0 Å². The second kappa shape index (κ2) is 8.80. The molecule has 2 saturated heterocycles. The Morgan fingerprint density at radius 1 is 1.00 bits per heavy atom. The Hall–Kier alpha value is -3.40. The normalized spacial score (nSPS) is 33.0. The minimum Gasteiger partial charge on any atom is -0.508 e. The maximum Gasteiger partial charge on any atom is 0.335 e. The number of likely N-dealkylation sites (tertiary alicyclic amines) is 1. The molecule has 40 heavy (non-hydrogen) atoms. The SMILES string of the molecule is CN1C(=O)C2(Cl)CC3C(=CCC4C(=O)N(c5cccc(C(=O)O)c5)C(=O)C43)C(c3cc(Cl)ccc3O)C2(Cl)C1=O. The number of benzene rings is 2. The van der Waals surface area contributed by atoms with E-state index in [1.54, 1.807) is 6.08 Å². The number of carboxylic acids is 1. The monoisotopic (exact) mass is 602 g/mol. The Morgan fingerprint density at radius 3 is 2.42 bits per heavy atom. The first-order valence-corrected chi connectivity index (χ1v) is 13.6. The number of alkyl halides is 2. The topological polar surface area (TPSA) is 132 Å². The van der Waals surface area contributed by atoms with Crippen molar-refractivity contribution in [2.45, 2.75) is 28.5 Å². The minimum absolute atomic E-state index is 0.0920. The molecule has 0 radical (unpaired) electrons. The number of aromatic hydroxyl groups is 1. The molecule has 2 aliphatic heterocycles. The molecular formula is C28H21Cl3N2O7. The summed E-state index contributed by atoms with van der Waals surface area (Å²) in [6.07, 6.45) is 1.64. The van der Waals surface area contributed by atoms with Gasteiger partial charge in [-0.3, -0.25) is 29.0 Å². The van der Waals surface area contributed by atoms with Gasteiger partial charge in [-0.2, -0.15) is 0 Å². The molecule has 4 amide bonds. The summed E-state index contributed by atoms with van der Waals surface area (Å²) in [7, 11) is 1.27. The number of carbonyl (C=O) groups is 5. The van der Waals surface area contributed by atoms with Crippen LogP contribution in [-0.4, -0.2) is 61.5 Å². The molecule has 2 aromatic rings. The highest BCUT2D eigenvalue weighted by molar-refractivity contribution is 6.53. The molecule has 2 N–H and O–H groups in total. The van der Waals surface area contributed by atoms with E-state index in [0.29, 0.717) is 5.57 Å². The van der Waals surface area contributed by atoms with Gasteiger partial charge < -0.3 is 10.2 Å². The van der Waals surface area contributed by atoms with Crippen molar-refractivity contribution in [1.82, 2.24) is 4.90 Å². The lowest BCUT2D eigenvalue weighted by Gasteiger charge is -2.50. The zero-order valence-electron chi connectivity index (χ0n) is 20.8. The standard InChI is InChI=1S/C28H21Cl3N2O7/c1-32-25(39)27(30)11-18-15(21(28(27,31)26(32)40)17-10-13(29)5-8-19(17)34)6-7-16-20(18)23(36)33(22(16)35)14-4-2-3-12(9-14)24(37)38/h2-6,8-10,16,18,20-21,34H,7,11H2,1H3,(H,37,38). The lowest BCUT2D eigenvalue weighted by atomic mass is 9.56. The van der Waals surface area contributed by atoms with Crippen LogP contribution in [0.3, 0.4) is 0 Å². The number of hydrogen-bond donors (Lipinski definition) is 2. The molecule has 0 bridgehead atoms. The molecular weight excluding hydrogens is 583 g/mol. The van der Waals surface area contributed by atoms with Crippen molar-refractivity contribution in [2.24, 2.45) is 17.8 Å². The highest BCUT2D eigenvalue weighted by Crippen LogP contribution is 2.66. The van der Waals surface area contributed by atoms with E-state index in [-0.39, 0.29) is 40.4 Å². The first kappa shape index (κ1) is 26.8. The van der Waals surface area contributed by atoms with Crippen LogP contribution in [0.5, 0.6) is 5.75 Å². The van der Waals surface area contributed by atoms with Crippen LogP contribution in [0, 0.1) is 17.8 Å². The van der Waals surface area contributed by atoms with Crippen LogP contribution in [0.25, 0.3) is 0 Å². The molecule has 2 heterocycles. The Balaban J connectivity index is 1.52. The third-order valence-electron chi connectivity index (χ3n) is 8.67. The van der Waals surface area contributed by atoms with Crippen molar-refractivity contribution in [3.8, 4) is 5.75 Å². The summed E-state index contributed by atoms with van der Waals surface area (Å²) in [5.74, 6) is -7.72. The van der Waals surface area contributed by atoms with Gasteiger partial charge in [0.15, 0.2) is 9.75 Å². The molecule has 3 fully saturated rings. The van der Waals surface area contributed by atoms with Crippen LogP contribution in [0.2, 0.25) is 5.02 Å². The van der Waals surface area contributed by atoms with E-state index < -0.39 is 63.0 Å². The Morgan fingerprint density at radius 2 is 1.73 bits per heavy atom. The highest BCUT2D eigenvalue weighted by Gasteiger charge is 2.76. The van der Waals surface area contributed by atoms with Gasteiger partial charge >= 0.3 is 5.97 Å². The van der Waals surface area contributed by atoms with Crippen molar-refractivity contribution < 1.29 is 34.2 Å². The van der Waals surface area contributed by atoms with Crippen LogP contribution in [0.1, 0.15) is 34.7 Å². The van der Waals surface area contributed by atoms with E-state index in [4.69, 9.17) is 34.8 Å². The summed E-state index contributed by atoms with van der Waals surface area (Å²) in [4.78, 5) is 63.9. The average molecular weight is 604 g/mol. The van der Waals surface area contributed by atoms with Gasteiger partial charge in [0.05, 0.1) is 23.1 Å². The molecule has 0 aromatic heterocycles. The van der Waals surface area contributed by atoms with Gasteiger partial charge in [0.25, 0.3) is 11.8 Å². The number of allylic oxidation sites excluding steroid dienone is 2. The van der Waals surface area contributed by atoms with Crippen molar-refractivity contribution in [3.05, 3.63) is 70.3 Å². The maximum atomic E-state index is 14.0. The lowest BCUT2D eigenvalue weighted by molar-refractivity contribution is -0.138. The van der Waals surface area contributed by atoms with Crippen LogP contribution in [0.4, 0.5) is 5.69 Å². The van der Waals surface area contributed by atoms with Crippen LogP contribution in [0.15, 0.2) is 54.1 Å².